The van der Waals surface area contributed by atoms with Crippen molar-refractivity contribution in [3.8, 4) is 0 Å². The quantitative estimate of drug-likeness (QED) is 0.431. The van der Waals surface area contributed by atoms with Gasteiger partial charge in [-0.05, 0) is 73.2 Å². The molecular formula is C24H28O4. The van der Waals surface area contributed by atoms with Gasteiger partial charge in [0.2, 0.25) is 0 Å². The van der Waals surface area contributed by atoms with E-state index in [1.165, 1.54) is 11.1 Å². The number of hydrogen-bond acceptors (Lipinski definition) is 4. The van der Waals surface area contributed by atoms with Crippen molar-refractivity contribution in [2.45, 2.75) is 40.5 Å². The van der Waals surface area contributed by atoms with E-state index in [1.807, 2.05) is 24.3 Å². The molecule has 0 aliphatic rings. The molecule has 2 rings (SSSR count). The van der Waals surface area contributed by atoms with Crippen LogP contribution in [0.3, 0.4) is 0 Å². The minimum atomic E-state index is -0.304. The van der Waals surface area contributed by atoms with E-state index >= 15 is 0 Å². The molecule has 0 aromatic heterocycles. The van der Waals surface area contributed by atoms with Crippen molar-refractivity contribution in [3.05, 3.63) is 70.8 Å². The lowest BCUT2D eigenvalue weighted by Gasteiger charge is -2.15. The van der Waals surface area contributed by atoms with Crippen LogP contribution in [-0.2, 0) is 9.47 Å². The van der Waals surface area contributed by atoms with Crippen LogP contribution < -0.4 is 0 Å². The van der Waals surface area contributed by atoms with Crippen molar-refractivity contribution in [1.82, 2.24) is 0 Å². The first kappa shape index (κ1) is 21.4. The van der Waals surface area contributed by atoms with Gasteiger partial charge in [0.25, 0.3) is 0 Å². The number of benzene rings is 2. The number of rotatable bonds is 8. The Morgan fingerprint density at radius 1 is 0.571 bits per heavy atom. The van der Waals surface area contributed by atoms with Gasteiger partial charge in [-0.1, -0.05) is 38.1 Å². The van der Waals surface area contributed by atoms with Crippen LogP contribution in [0.25, 0.3) is 11.1 Å². The summed E-state index contributed by atoms with van der Waals surface area (Å²) in [6, 6.07) is 15.1. The van der Waals surface area contributed by atoms with E-state index in [0.29, 0.717) is 24.3 Å². The Morgan fingerprint density at radius 3 is 1.11 bits per heavy atom. The largest absolute Gasteiger partial charge is 0.462 e. The Morgan fingerprint density at radius 2 is 0.857 bits per heavy atom. The molecule has 0 saturated carbocycles. The molecule has 0 amide bonds. The van der Waals surface area contributed by atoms with E-state index < -0.39 is 0 Å². The van der Waals surface area contributed by atoms with Gasteiger partial charge in [-0.25, -0.2) is 9.59 Å². The average Bonchev–Trinajstić information content (AvgIpc) is 2.72. The number of carbonyl (C=O) groups is 2. The van der Waals surface area contributed by atoms with Crippen molar-refractivity contribution >= 4 is 23.1 Å². The summed E-state index contributed by atoms with van der Waals surface area (Å²) in [7, 11) is 0. The van der Waals surface area contributed by atoms with Gasteiger partial charge in [0.05, 0.1) is 24.3 Å². The van der Waals surface area contributed by atoms with Gasteiger partial charge in [-0.3, -0.25) is 0 Å². The van der Waals surface area contributed by atoms with Crippen LogP contribution in [0.4, 0.5) is 0 Å². The highest BCUT2D eigenvalue weighted by Gasteiger charge is 2.12. The summed E-state index contributed by atoms with van der Waals surface area (Å²) in [6.45, 7) is 8.56. The molecule has 28 heavy (non-hydrogen) atoms. The van der Waals surface area contributed by atoms with Gasteiger partial charge in [0, 0.05) is 0 Å². The lowest BCUT2D eigenvalue weighted by molar-refractivity contribution is 0.0516. The minimum Gasteiger partial charge on any atom is -0.462 e. The summed E-state index contributed by atoms with van der Waals surface area (Å²) in [6.07, 6.45) is 1.73. The summed E-state index contributed by atoms with van der Waals surface area (Å²) in [5, 5.41) is 0. The average molecular weight is 380 g/mol. The van der Waals surface area contributed by atoms with E-state index in [0.717, 1.165) is 24.0 Å². The number of esters is 2. The molecule has 0 aliphatic heterocycles. The zero-order valence-corrected chi connectivity index (χ0v) is 17.1. The Kier molecular flexibility index (Phi) is 8.00. The minimum absolute atomic E-state index is 0.304. The number of ether oxygens (including phenoxy) is 2. The van der Waals surface area contributed by atoms with Crippen LogP contribution in [0.1, 0.15) is 72.4 Å². The number of carbonyl (C=O) groups excluding carboxylic acids is 2. The third-order valence-electron chi connectivity index (χ3n) is 4.56. The molecule has 0 atom stereocenters. The molecule has 0 saturated heterocycles. The van der Waals surface area contributed by atoms with Crippen LogP contribution in [0.15, 0.2) is 48.5 Å². The van der Waals surface area contributed by atoms with E-state index in [1.54, 1.807) is 38.1 Å². The van der Waals surface area contributed by atoms with Crippen molar-refractivity contribution in [2.75, 3.05) is 13.2 Å². The van der Waals surface area contributed by atoms with Gasteiger partial charge in [0.1, 0.15) is 0 Å². The van der Waals surface area contributed by atoms with Crippen molar-refractivity contribution in [3.63, 3.8) is 0 Å². The van der Waals surface area contributed by atoms with E-state index in [4.69, 9.17) is 9.47 Å². The number of allylic oxidation sites excluding steroid dienone is 2. The predicted molar refractivity (Wildman–Crippen MR) is 112 cm³/mol. The highest BCUT2D eigenvalue weighted by Crippen LogP contribution is 2.31. The number of hydrogen-bond donors (Lipinski definition) is 0. The van der Waals surface area contributed by atoms with Crippen LogP contribution in [0.2, 0.25) is 0 Å². The second-order valence-corrected chi connectivity index (χ2v) is 6.26. The summed E-state index contributed by atoms with van der Waals surface area (Å²) in [4.78, 5) is 23.7. The van der Waals surface area contributed by atoms with Gasteiger partial charge in [-0.15, -0.1) is 0 Å². The maximum absolute atomic E-state index is 11.9. The monoisotopic (exact) mass is 380 g/mol. The first-order valence-corrected chi connectivity index (χ1v) is 9.82. The molecule has 0 heterocycles. The van der Waals surface area contributed by atoms with Gasteiger partial charge in [-0.2, -0.15) is 0 Å². The molecule has 0 bridgehead atoms. The molecular weight excluding hydrogens is 352 g/mol. The molecule has 4 nitrogen and oxygen atoms in total. The molecule has 0 fully saturated rings. The van der Waals surface area contributed by atoms with E-state index in [-0.39, 0.29) is 11.9 Å². The standard InChI is InChI=1S/C24H28O4/c1-5-21(17-9-13-19(14-10-17)23(25)27-7-3)22(6-2)18-11-15-20(16-12-18)24(26)28-8-4/h9-16H,5-8H2,1-4H3/b22-21-. The van der Waals surface area contributed by atoms with Crippen LogP contribution in [-0.4, -0.2) is 25.2 Å². The Hall–Kier alpha value is -2.88. The summed E-state index contributed by atoms with van der Waals surface area (Å²) < 4.78 is 10.1. The first-order chi connectivity index (χ1) is 13.5. The molecule has 0 unspecified atom stereocenters. The maximum atomic E-state index is 11.9. The van der Waals surface area contributed by atoms with Crippen molar-refractivity contribution in [2.24, 2.45) is 0 Å². The van der Waals surface area contributed by atoms with E-state index in [2.05, 4.69) is 13.8 Å². The van der Waals surface area contributed by atoms with Crippen LogP contribution in [0.5, 0.6) is 0 Å². The fraction of sp³-hybridized carbons (Fsp3) is 0.333. The van der Waals surface area contributed by atoms with E-state index in [9.17, 15) is 9.59 Å². The second kappa shape index (κ2) is 10.5. The van der Waals surface area contributed by atoms with Gasteiger partial charge >= 0.3 is 11.9 Å². The molecule has 2 aromatic rings. The predicted octanol–water partition coefficient (Wildman–Crippen LogP) is 5.77. The Bertz CT molecular complexity index is 758. The Balaban J connectivity index is 2.36. The third kappa shape index (κ3) is 5.10. The Labute approximate surface area is 167 Å². The van der Waals surface area contributed by atoms with Crippen molar-refractivity contribution < 1.29 is 19.1 Å². The normalized spacial score (nSPS) is 11.6. The fourth-order valence-electron chi connectivity index (χ4n) is 3.23. The summed E-state index contributed by atoms with van der Waals surface area (Å²) >= 11 is 0. The molecule has 0 spiro atoms. The lowest BCUT2D eigenvalue weighted by Crippen LogP contribution is -2.05. The third-order valence-corrected chi connectivity index (χ3v) is 4.56. The zero-order chi connectivity index (χ0) is 20.5. The molecule has 4 heteroatoms. The highest BCUT2D eigenvalue weighted by atomic mass is 16.5. The summed E-state index contributed by atoms with van der Waals surface area (Å²) in [5.41, 5.74) is 5.73. The zero-order valence-electron chi connectivity index (χ0n) is 17.1. The maximum Gasteiger partial charge on any atom is 0.338 e. The molecule has 0 radical (unpaired) electrons. The lowest BCUT2D eigenvalue weighted by atomic mass is 9.90. The SMILES string of the molecule is CCOC(=O)c1ccc(/C(CC)=C(/CC)c2ccc(C(=O)OCC)cc2)cc1. The molecule has 148 valence electrons. The summed E-state index contributed by atoms with van der Waals surface area (Å²) in [5.74, 6) is -0.609. The second-order valence-electron chi connectivity index (χ2n) is 6.26. The highest BCUT2D eigenvalue weighted by molar-refractivity contribution is 5.94. The first-order valence-electron chi connectivity index (χ1n) is 9.82. The fourth-order valence-corrected chi connectivity index (χ4v) is 3.23. The van der Waals surface area contributed by atoms with Crippen molar-refractivity contribution in [1.29, 1.82) is 0 Å². The van der Waals surface area contributed by atoms with Gasteiger partial charge in [0.15, 0.2) is 0 Å². The van der Waals surface area contributed by atoms with Crippen LogP contribution >= 0.6 is 0 Å². The molecule has 2 aromatic carbocycles. The molecule has 0 N–H and O–H groups in total. The van der Waals surface area contributed by atoms with Crippen LogP contribution in [0, 0.1) is 0 Å². The topological polar surface area (TPSA) is 52.6 Å². The molecule has 0 aliphatic carbocycles. The van der Waals surface area contributed by atoms with Gasteiger partial charge < -0.3 is 9.47 Å². The smallest absolute Gasteiger partial charge is 0.338 e.